The van der Waals surface area contributed by atoms with Gasteiger partial charge in [0.2, 0.25) is 0 Å². The van der Waals surface area contributed by atoms with Crippen LogP contribution in [0.4, 0.5) is 0 Å². The van der Waals surface area contributed by atoms with E-state index in [0.717, 1.165) is 28.3 Å². The Kier molecular flexibility index (Phi) is 4.20. The molecule has 0 bridgehead atoms. The summed E-state index contributed by atoms with van der Waals surface area (Å²) < 4.78 is 0. The molecule has 2 rings (SSSR count). The van der Waals surface area contributed by atoms with E-state index in [0.29, 0.717) is 17.4 Å². The summed E-state index contributed by atoms with van der Waals surface area (Å²) in [4.78, 5) is 8.82. The number of hydrogen-bond donors (Lipinski definition) is 0. The molecule has 0 saturated heterocycles. The molecule has 0 fully saturated rings. The van der Waals surface area contributed by atoms with Gasteiger partial charge in [0.15, 0.2) is 0 Å². The highest BCUT2D eigenvalue weighted by Crippen LogP contribution is 2.21. The summed E-state index contributed by atoms with van der Waals surface area (Å²) in [5.41, 5.74) is 2.97. The normalized spacial score (nSPS) is 10.7. The zero-order valence-corrected chi connectivity index (χ0v) is 11.9. The van der Waals surface area contributed by atoms with Crippen LogP contribution in [0.5, 0.6) is 0 Å². The van der Waals surface area contributed by atoms with Gasteiger partial charge in [-0.2, -0.15) is 0 Å². The van der Waals surface area contributed by atoms with Crippen LogP contribution in [0.2, 0.25) is 10.2 Å². The summed E-state index contributed by atoms with van der Waals surface area (Å²) >= 11 is 12.3. The van der Waals surface area contributed by atoms with Gasteiger partial charge in [-0.15, -0.1) is 0 Å². The van der Waals surface area contributed by atoms with Crippen LogP contribution in [-0.4, -0.2) is 9.97 Å². The van der Waals surface area contributed by atoms with Crippen molar-refractivity contribution in [1.82, 2.24) is 9.97 Å². The van der Waals surface area contributed by atoms with E-state index in [4.69, 9.17) is 23.2 Å². The van der Waals surface area contributed by atoms with Gasteiger partial charge >= 0.3 is 0 Å². The van der Waals surface area contributed by atoms with E-state index >= 15 is 0 Å². The standard InChI is InChI=1S/C14H14Cl2N2/c1-3-11-9(2)17-13(18-14(11)16)8-10-6-4-5-7-12(10)15/h4-7H,3,8H2,1-2H3. The first-order chi connectivity index (χ1) is 8.61. The highest BCUT2D eigenvalue weighted by atomic mass is 35.5. The van der Waals surface area contributed by atoms with Crippen LogP contribution in [0.15, 0.2) is 24.3 Å². The van der Waals surface area contributed by atoms with E-state index in [9.17, 15) is 0 Å². The number of nitrogens with zero attached hydrogens (tertiary/aromatic N) is 2. The van der Waals surface area contributed by atoms with Crippen molar-refractivity contribution in [2.75, 3.05) is 0 Å². The molecule has 0 N–H and O–H groups in total. The van der Waals surface area contributed by atoms with E-state index in [1.807, 2.05) is 38.1 Å². The van der Waals surface area contributed by atoms with Crippen LogP contribution in [0.1, 0.15) is 29.6 Å². The summed E-state index contributed by atoms with van der Waals surface area (Å²) in [6.07, 6.45) is 1.45. The molecule has 0 spiro atoms. The van der Waals surface area contributed by atoms with Crippen LogP contribution in [-0.2, 0) is 12.8 Å². The second-order valence-corrected chi connectivity index (χ2v) is 4.88. The molecule has 0 amide bonds. The van der Waals surface area contributed by atoms with Crippen LogP contribution < -0.4 is 0 Å². The van der Waals surface area contributed by atoms with Crippen molar-refractivity contribution in [1.29, 1.82) is 0 Å². The number of halogens is 2. The minimum Gasteiger partial charge on any atom is -0.237 e. The molecule has 0 atom stereocenters. The highest BCUT2D eigenvalue weighted by Gasteiger charge is 2.10. The lowest BCUT2D eigenvalue weighted by atomic mass is 10.1. The fourth-order valence-electron chi connectivity index (χ4n) is 1.91. The van der Waals surface area contributed by atoms with Gasteiger partial charge < -0.3 is 0 Å². The molecule has 0 unspecified atom stereocenters. The van der Waals surface area contributed by atoms with Crippen molar-refractivity contribution in [2.45, 2.75) is 26.7 Å². The summed E-state index contributed by atoms with van der Waals surface area (Å²) in [5.74, 6) is 0.711. The van der Waals surface area contributed by atoms with Crippen molar-refractivity contribution < 1.29 is 0 Å². The second-order valence-electron chi connectivity index (χ2n) is 4.12. The third-order valence-electron chi connectivity index (χ3n) is 2.87. The molecule has 0 saturated carbocycles. The van der Waals surface area contributed by atoms with Crippen LogP contribution in [0.25, 0.3) is 0 Å². The minimum atomic E-state index is 0.548. The Bertz CT molecular complexity index is 544. The van der Waals surface area contributed by atoms with Gasteiger partial charge in [0, 0.05) is 22.7 Å². The van der Waals surface area contributed by atoms with Gasteiger partial charge in [0.1, 0.15) is 11.0 Å². The zero-order valence-electron chi connectivity index (χ0n) is 10.4. The molecule has 1 heterocycles. The van der Waals surface area contributed by atoms with Crippen LogP contribution >= 0.6 is 23.2 Å². The number of benzene rings is 1. The van der Waals surface area contributed by atoms with E-state index in [2.05, 4.69) is 9.97 Å². The molecule has 1 aromatic heterocycles. The maximum absolute atomic E-state index is 6.16. The number of hydrogen-bond acceptors (Lipinski definition) is 2. The van der Waals surface area contributed by atoms with Gasteiger partial charge in [-0.3, -0.25) is 0 Å². The monoisotopic (exact) mass is 280 g/mol. The third-order valence-corrected chi connectivity index (χ3v) is 3.55. The maximum atomic E-state index is 6.16. The maximum Gasteiger partial charge on any atom is 0.136 e. The summed E-state index contributed by atoms with van der Waals surface area (Å²) in [7, 11) is 0. The third kappa shape index (κ3) is 2.82. The second kappa shape index (κ2) is 5.68. The van der Waals surface area contributed by atoms with E-state index in [1.165, 1.54) is 0 Å². The van der Waals surface area contributed by atoms with Crippen LogP contribution in [0.3, 0.4) is 0 Å². The van der Waals surface area contributed by atoms with Gasteiger partial charge in [-0.25, -0.2) is 9.97 Å². The molecule has 1 aromatic carbocycles. The lowest BCUT2D eigenvalue weighted by molar-refractivity contribution is 0.905. The Morgan fingerprint density at radius 3 is 2.44 bits per heavy atom. The molecular formula is C14H14Cl2N2. The van der Waals surface area contributed by atoms with Gasteiger partial charge in [-0.1, -0.05) is 48.3 Å². The first-order valence-electron chi connectivity index (χ1n) is 5.87. The van der Waals surface area contributed by atoms with Crippen molar-refractivity contribution in [3.05, 3.63) is 57.1 Å². The fraction of sp³-hybridized carbons (Fsp3) is 0.286. The Hall–Kier alpha value is -1.12. The predicted octanol–water partition coefficient (Wildman–Crippen LogP) is 4.25. The number of rotatable bonds is 3. The molecule has 2 nitrogen and oxygen atoms in total. The molecular weight excluding hydrogens is 267 g/mol. The first kappa shape index (κ1) is 13.3. The van der Waals surface area contributed by atoms with E-state index in [1.54, 1.807) is 0 Å². The van der Waals surface area contributed by atoms with Crippen LogP contribution in [0, 0.1) is 6.92 Å². The Morgan fingerprint density at radius 1 is 1.11 bits per heavy atom. The average molecular weight is 281 g/mol. The molecule has 4 heteroatoms. The molecule has 0 aliphatic carbocycles. The molecule has 0 aliphatic rings. The average Bonchev–Trinajstić information content (AvgIpc) is 2.32. The van der Waals surface area contributed by atoms with Gasteiger partial charge in [0.25, 0.3) is 0 Å². The van der Waals surface area contributed by atoms with Gasteiger partial charge in [0.05, 0.1) is 0 Å². The molecule has 0 radical (unpaired) electrons. The Morgan fingerprint density at radius 2 is 1.83 bits per heavy atom. The molecule has 94 valence electrons. The minimum absolute atomic E-state index is 0.548. The predicted molar refractivity (Wildman–Crippen MR) is 75.4 cm³/mol. The lowest BCUT2D eigenvalue weighted by Gasteiger charge is -2.08. The topological polar surface area (TPSA) is 25.8 Å². The SMILES string of the molecule is CCc1c(C)nc(Cc2ccccc2Cl)nc1Cl. The highest BCUT2D eigenvalue weighted by molar-refractivity contribution is 6.31. The largest absolute Gasteiger partial charge is 0.237 e. The number of aromatic nitrogens is 2. The summed E-state index contributed by atoms with van der Waals surface area (Å²) in [6.45, 7) is 4.01. The van der Waals surface area contributed by atoms with Crippen molar-refractivity contribution in [3.8, 4) is 0 Å². The summed E-state index contributed by atoms with van der Waals surface area (Å²) in [6, 6.07) is 7.70. The van der Waals surface area contributed by atoms with Crippen molar-refractivity contribution in [3.63, 3.8) is 0 Å². The molecule has 2 aromatic rings. The first-order valence-corrected chi connectivity index (χ1v) is 6.62. The quantitative estimate of drug-likeness (QED) is 0.786. The zero-order chi connectivity index (χ0) is 13.1. The molecule has 18 heavy (non-hydrogen) atoms. The fourth-order valence-corrected chi connectivity index (χ4v) is 2.48. The Labute approximate surface area is 117 Å². The molecule has 0 aliphatic heterocycles. The van der Waals surface area contributed by atoms with E-state index < -0.39 is 0 Å². The lowest BCUT2D eigenvalue weighted by Crippen LogP contribution is -2.03. The van der Waals surface area contributed by atoms with Crippen molar-refractivity contribution in [2.24, 2.45) is 0 Å². The van der Waals surface area contributed by atoms with Gasteiger partial charge in [-0.05, 0) is 25.0 Å². The Balaban J connectivity index is 2.34. The smallest absolute Gasteiger partial charge is 0.136 e. The summed E-state index contributed by atoms with van der Waals surface area (Å²) in [5, 5.41) is 1.28. The van der Waals surface area contributed by atoms with E-state index in [-0.39, 0.29) is 0 Å². The van der Waals surface area contributed by atoms with Crippen molar-refractivity contribution >= 4 is 23.2 Å². The number of aryl methyl sites for hydroxylation is 1.